The van der Waals surface area contributed by atoms with Crippen molar-refractivity contribution in [2.45, 2.75) is 57.6 Å². The first-order valence-corrected chi connectivity index (χ1v) is 7.39. The number of nitrogens with one attached hydrogen (secondary N) is 1. The second kappa shape index (κ2) is 8.51. The summed E-state index contributed by atoms with van der Waals surface area (Å²) < 4.78 is 11.1. The number of ether oxygens (including phenoxy) is 2. The molecule has 0 aromatic rings. The van der Waals surface area contributed by atoms with Crippen molar-refractivity contribution in [2.24, 2.45) is 5.73 Å². The summed E-state index contributed by atoms with van der Waals surface area (Å²) in [5.41, 5.74) is 5.02. The first-order valence-electron chi connectivity index (χ1n) is 7.39. The minimum absolute atomic E-state index is 0.103. The van der Waals surface area contributed by atoms with Crippen LogP contribution < -0.4 is 11.1 Å². The van der Waals surface area contributed by atoms with Crippen LogP contribution in [0.4, 0.5) is 0 Å². The molecule has 0 radical (unpaired) electrons. The quantitative estimate of drug-likeness (QED) is 0.619. The van der Waals surface area contributed by atoms with E-state index in [9.17, 15) is 4.79 Å². The summed E-state index contributed by atoms with van der Waals surface area (Å²) in [6, 6.07) is 0. The molecule has 5 nitrogen and oxygen atoms in total. The summed E-state index contributed by atoms with van der Waals surface area (Å²) in [6.07, 6.45) is 4.55. The molecule has 2 unspecified atom stereocenters. The fourth-order valence-electron chi connectivity index (χ4n) is 2.62. The van der Waals surface area contributed by atoms with Crippen LogP contribution in [0.1, 0.15) is 46.0 Å². The molecule has 0 spiro atoms. The molecule has 5 heteroatoms. The van der Waals surface area contributed by atoms with Crippen LogP contribution in [0.25, 0.3) is 0 Å². The third kappa shape index (κ3) is 5.09. The van der Waals surface area contributed by atoms with E-state index in [1.54, 1.807) is 0 Å². The van der Waals surface area contributed by atoms with Gasteiger partial charge in [-0.3, -0.25) is 4.79 Å². The zero-order chi connectivity index (χ0) is 14.1. The van der Waals surface area contributed by atoms with Crippen molar-refractivity contribution in [3.8, 4) is 0 Å². The SMILES string of the molecule is CCCNC1(C(N)=O)CCCC(OCCOCC)C1. The minimum atomic E-state index is -0.579. The van der Waals surface area contributed by atoms with E-state index < -0.39 is 5.54 Å². The summed E-state index contributed by atoms with van der Waals surface area (Å²) in [7, 11) is 0. The Balaban J connectivity index is 2.46. The summed E-state index contributed by atoms with van der Waals surface area (Å²) in [5, 5.41) is 3.33. The molecule has 0 bridgehead atoms. The van der Waals surface area contributed by atoms with E-state index in [0.29, 0.717) is 26.2 Å². The lowest BCUT2D eigenvalue weighted by atomic mass is 9.79. The molecule has 0 heterocycles. The van der Waals surface area contributed by atoms with Crippen LogP contribution in [-0.4, -0.2) is 43.9 Å². The Kier molecular flexibility index (Phi) is 7.34. The highest BCUT2D eigenvalue weighted by Crippen LogP contribution is 2.30. The Labute approximate surface area is 116 Å². The Morgan fingerprint density at radius 2 is 2.21 bits per heavy atom. The predicted molar refractivity (Wildman–Crippen MR) is 74.9 cm³/mol. The van der Waals surface area contributed by atoms with Gasteiger partial charge in [-0.25, -0.2) is 0 Å². The molecule has 1 rings (SSSR count). The van der Waals surface area contributed by atoms with E-state index in [0.717, 1.165) is 32.2 Å². The largest absolute Gasteiger partial charge is 0.379 e. The Bertz CT molecular complexity index is 273. The molecule has 112 valence electrons. The van der Waals surface area contributed by atoms with Crippen LogP contribution in [0.5, 0.6) is 0 Å². The van der Waals surface area contributed by atoms with Crippen LogP contribution in [-0.2, 0) is 14.3 Å². The lowest BCUT2D eigenvalue weighted by Crippen LogP contribution is -2.59. The molecule has 1 saturated carbocycles. The molecule has 3 N–H and O–H groups in total. The van der Waals surface area contributed by atoms with Gasteiger partial charge in [0, 0.05) is 13.0 Å². The van der Waals surface area contributed by atoms with Crippen molar-refractivity contribution in [3.05, 3.63) is 0 Å². The first kappa shape index (κ1) is 16.4. The maximum absolute atomic E-state index is 11.8. The molecular weight excluding hydrogens is 244 g/mol. The van der Waals surface area contributed by atoms with Crippen LogP contribution in [0.2, 0.25) is 0 Å². The molecule has 0 saturated heterocycles. The second-order valence-electron chi connectivity index (χ2n) is 5.16. The minimum Gasteiger partial charge on any atom is -0.379 e. The maximum Gasteiger partial charge on any atom is 0.237 e. The first-order chi connectivity index (χ1) is 9.14. The van der Waals surface area contributed by atoms with Crippen LogP contribution >= 0.6 is 0 Å². The summed E-state index contributed by atoms with van der Waals surface area (Å²) >= 11 is 0. The van der Waals surface area contributed by atoms with Gasteiger partial charge in [-0.1, -0.05) is 6.92 Å². The van der Waals surface area contributed by atoms with Crippen LogP contribution in [0.15, 0.2) is 0 Å². The van der Waals surface area contributed by atoms with Gasteiger partial charge in [-0.2, -0.15) is 0 Å². The van der Waals surface area contributed by atoms with Crippen molar-refractivity contribution < 1.29 is 14.3 Å². The Morgan fingerprint density at radius 1 is 1.42 bits per heavy atom. The topological polar surface area (TPSA) is 73.6 Å². The molecule has 1 aliphatic carbocycles. The zero-order valence-electron chi connectivity index (χ0n) is 12.2. The Morgan fingerprint density at radius 3 is 2.84 bits per heavy atom. The van der Waals surface area contributed by atoms with Crippen LogP contribution in [0.3, 0.4) is 0 Å². The van der Waals surface area contributed by atoms with Gasteiger partial charge in [0.15, 0.2) is 0 Å². The molecule has 1 aliphatic rings. The van der Waals surface area contributed by atoms with Crippen molar-refractivity contribution in [1.82, 2.24) is 5.32 Å². The normalized spacial score (nSPS) is 27.4. The van der Waals surface area contributed by atoms with Crippen molar-refractivity contribution >= 4 is 5.91 Å². The van der Waals surface area contributed by atoms with E-state index in [-0.39, 0.29) is 12.0 Å². The van der Waals surface area contributed by atoms with Gasteiger partial charge < -0.3 is 20.5 Å². The number of carbonyl (C=O) groups is 1. The lowest BCUT2D eigenvalue weighted by Gasteiger charge is -2.39. The summed E-state index contributed by atoms with van der Waals surface area (Å²) in [6.45, 7) is 6.76. The Hall–Kier alpha value is -0.650. The molecule has 1 fully saturated rings. The fourth-order valence-corrected chi connectivity index (χ4v) is 2.62. The molecule has 19 heavy (non-hydrogen) atoms. The number of hydrogen-bond donors (Lipinski definition) is 2. The summed E-state index contributed by atoms with van der Waals surface area (Å²) in [4.78, 5) is 11.8. The van der Waals surface area contributed by atoms with Crippen LogP contribution in [0, 0.1) is 0 Å². The van der Waals surface area contributed by atoms with Crippen molar-refractivity contribution in [2.75, 3.05) is 26.4 Å². The maximum atomic E-state index is 11.8. The molecular formula is C14H28N2O3. The number of hydrogen-bond acceptors (Lipinski definition) is 4. The van der Waals surface area contributed by atoms with Gasteiger partial charge >= 0.3 is 0 Å². The third-order valence-corrected chi connectivity index (χ3v) is 3.68. The fraction of sp³-hybridized carbons (Fsp3) is 0.929. The number of amides is 1. The van der Waals surface area contributed by atoms with E-state index in [2.05, 4.69) is 12.2 Å². The molecule has 1 amide bonds. The summed E-state index contributed by atoms with van der Waals surface area (Å²) in [5.74, 6) is -0.251. The van der Waals surface area contributed by atoms with E-state index in [1.165, 1.54) is 0 Å². The number of primary amides is 1. The van der Waals surface area contributed by atoms with Gasteiger partial charge in [0.25, 0.3) is 0 Å². The van der Waals surface area contributed by atoms with E-state index in [4.69, 9.17) is 15.2 Å². The zero-order valence-corrected chi connectivity index (χ0v) is 12.2. The molecule has 0 aromatic heterocycles. The molecule has 0 aliphatic heterocycles. The predicted octanol–water partition coefficient (Wildman–Crippen LogP) is 1.21. The van der Waals surface area contributed by atoms with Crippen molar-refractivity contribution in [1.29, 1.82) is 0 Å². The lowest BCUT2D eigenvalue weighted by molar-refractivity contribution is -0.128. The van der Waals surface area contributed by atoms with Gasteiger partial charge in [0.2, 0.25) is 5.91 Å². The van der Waals surface area contributed by atoms with Crippen molar-refractivity contribution in [3.63, 3.8) is 0 Å². The van der Waals surface area contributed by atoms with Gasteiger partial charge in [-0.05, 0) is 39.2 Å². The monoisotopic (exact) mass is 272 g/mol. The number of nitrogens with two attached hydrogens (primary N) is 1. The molecule has 0 aromatic carbocycles. The molecule has 2 atom stereocenters. The van der Waals surface area contributed by atoms with Gasteiger partial charge in [-0.15, -0.1) is 0 Å². The average molecular weight is 272 g/mol. The smallest absolute Gasteiger partial charge is 0.237 e. The second-order valence-corrected chi connectivity index (χ2v) is 5.16. The van der Waals surface area contributed by atoms with E-state index in [1.807, 2.05) is 6.92 Å². The van der Waals surface area contributed by atoms with E-state index >= 15 is 0 Å². The van der Waals surface area contributed by atoms with Gasteiger partial charge in [0.1, 0.15) is 5.54 Å². The van der Waals surface area contributed by atoms with Gasteiger partial charge in [0.05, 0.1) is 19.3 Å². The number of rotatable bonds is 9. The number of carbonyl (C=O) groups excluding carboxylic acids is 1. The average Bonchev–Trinajstić information content (AvgIpc) is 2.41. The third-order valence-electron chi connectivity index (χ3n) is 3.68. The standard InChI is InChI=1S/C14H28N2O3/c1-3-8-16-14(13(15)17)7-5-6-12(11-14)19-10-9-18-4-2/h12,16H,3-11H2,1-2H3,(H2,15,17). The highest BCUT2D eigenvalue weighted by Gasteiger charge is 2.41. The highest BCUT2D eigenvalue weighted by molar-refractivity contribution is 5.84. The highest BCUT2D eigenvalue weighted by atomic mass is 16.5.